The highest BCUT2D eigenvalue weighted by Crippen LogP contribution is 2.50. The fourth-order valence-corrected chi connectivity index (χ4v) is 4.41. The van der Waals surface area contributed by atoms with E-state index < -0.39 is 78.0 Å². The molecule has 2 aliphatic rings. The summed E-state index contributed by atoms with van der Waals surface area (Å²) in [5.74, 6) is -9.37. The lowest BCUT2D eigenvalue weighted by molar-refractivity contribution is -0.468. The molecule has 0 saturated carbocycles. The molecule has 0 aromatic heterocycles. The van der Waals surface area contributed by atoms with Crippen molar-refractivity contribution in [3.8, 4) is 0 Å². The van der Waals surface area contributed by atoms with Crippen molar-refractivity contribution in [1.29, 1.82) is 0 Å². The van der Waals surface area contributed by atoms with E-state index in [-0.39, 0.29) is 17.6 Å². The highest BCUT2D eigenvalue weighted by Gasteiger charge is 2.68. The number of halogens is 8. The molecule has 0 bridgehead atoms. The third kappa shape index (κ3) is 8.85. The third-order valence-corrected chi connectivity index (χ3v) is 5.63. The zero-order valence-corrected chi connectivity index (χ0v) is 22.6. The van der Waals surface area contributed by atoms with Gasteiger partial charge in [0.1, 0.15) is 11.2 Å². The average Bonchev–Trinajstić information content (AvgIpc) is 2.61. The van der Waals surface area contributed by atoms with Gasteiger partial charge in [0, 0.05) is 17.6 Å². The summed E-state index contributed by atoms with van der Waals surface area (Å²) in [6, 6.07) is 0. The van der Waals surface area contributed by atoms with Gasteiger partial charge in [-0.3, -0.25) is 4.74 Å². The Morgan fingerprint density at radius 2 is 1.02 bits per heavy atom. The van der Waals surface area contributed by atoms with Gasteiger partial charge in [-0.2, -0.15) is 35.1 Å². The molecule has 2 aliphatic heterocycles. The molecule has 2 N–H and O–H groups in total. The third-order valence-electron chi connectivity index (χ3n) is 5.63. The molecule has 2 heterocycles. The van der Waals surface area contributed by atoms with Gasteiger partial charge in [0.15, 0.2) is 0 Å². The van der Waals surface area contributed by atoms with Gasteiger partial charge in [-0.15, -0.1) is 0 Å². The summed E-state index contributed by atoms with van der Waals surface area (Å²) >= 11 is 0. The van der Waals surface area contributed by atoms with E-state index in [2.05, 4.69) is 22.6 Å². The number of aliphatic hydroxyl groups is 2. The molecule has 0 radical (unpaired) electrons. The Morgan fingerprint density at radius 3 is 1.35 bits per heavy atom. The molecule has 2 rings (SSSR count). The lowest BCUT2D eigenvalue weighted by atomic mass is 9.81. The summed E-state index contributed by atoms with van der Waals surface area (Å²) in [6.45, 7) is 14.2. The van der Waals surface area contributed by atoms with Crippen molar-refractivity contribution in [2.75, 3.05) is 0 Å². The first-order chi connectivity index (χ1) is 17.4. The minimum Gasteiger partial charge on any atom is -0.456 e. The molecule has 232 valence electrons. The average molecular weight is 600 g/mol. The Morgan fingerprint density at radius 1 is 0.700 bits per heavy atom. The van der Waals surface area contributed by atoms with Crippen LogP contribution >= 0.6 is 0 Å². The first-order valence-corrected chi connectivity index (χ1v) is 11.5. The van der Waals surface area contributed by atoms with Crippen LogP contribution in [0, 0.1) is 0 Å². The summed E-state index contributed by atoms with van der Waals surface area (Å²) in [4.78, 5) is 22.9. The Kier molecular flexibility index (Phi) is 9.68. The quantitative estimate of drug-likeness (QED) is 0.257. The van der Waals surface area contributed by atoms with E-state index in [9.17, 15) is 54.9 Å². The number of carbonyl (C=O) groups excluding carboxylic acids is 2. The number of ether oxygens (including phenoxy) is 4. The Balaban J connectivity index is 0.000000400. The Hall–Kier alpha value is -2.30. The van der Waals surface area contributed by atoms with Gasteiger partial charge in [-0.1, -0.05) is 13.2 Å². The van der Waals surface area contributed by atoms with E-state index in [4.69, 9.17) is 9.47 Å². The van der Waals surface area contributed by atoms with Crippen molar-refractivity contribution in [1.82, 2.24) is 0 Å². The minimum absolute atomic E-state index is 0.0252. The number of rotatable bonds is 4. The smallest absolute Gasteiger partial charge is 0.443 e. The van der Waals surface area contributed by atoms with Crippen LogP contribution in [-0.2, 0) is 28.5 Å². The van der Waals surface area contributed by atoms with Crippen LogP contribution in [0.5, 0.6) is 0 Å². The summed E-state index contributed by atoms with van der Waals surface area (Å²) in [7, 11) is 0. The van der Waals surface area contributed by atoms with Gasteiger partial charge < -0.3 is 24.4 Å². The summed E-state index contributed by atoms with van der Waals surface area (Å²) in [5, 5.41) is 19.1. The zero-order valence-electron chi connectivity index (χ0n) is 22.6. The van der Waals surface area contributed by atoms with Gasteiger partial charge in [-0.05, 0) is 41.5 Å². The predicted molar refractivity (Wildman–Crippen MR) is 120 cm³/mol. The van der Waals surface area contributed by atoms with E-state index in [1.807, 2.05) is 0 Å². The van der Waals surface area contributed by atoms with E-state index in [0.717, 1.165) is 6.92 Å². The molecular weight excluding hydrogens is 568 g/mol. The summed E-state index contributed by atoms with van der Waals surface area (Å²) < 4.78 is 121. The molecule has 16 heteroatoms. The second-order valence-corrected chi connectivity index (χ2v) is 11.1. The summed E-state index contributed by atoms with van der Waals surface area (Å²) in [5.41, 5.74) is -5.14. The van der Waals surface area contributed by atoms with Crippen molar-refractivity contribution in [2.45, 2.75) is 114 Å². The van der Waals surface area contributed by atoms with Gasteiger partial charge >= 0.3 is 30.4 Å². The molecule has 2 saturated heterocycles. The summed E-state index contributed by atoms with van der Waals surface area (Å²) in [6.07, 6.45) is -18.3. The molecule has 0 aliphatic carbocycles. The van der Waals surface area contributed by atoms with Crippen LogP contribution in [0.25, 0.3) is 0 Å². The molecule has 4 unspecified atom stereocenters. The van der Waals surface area contributed by atoms with Gasteiger partial charge in [0.2, 0.25) is 0 Å². The number of alkyl halides is 8. The largest absolute Gasteiger partial charge is 0.456 e. The maximum atomic E-state index is 13.3. The topological polar surface area (TPSA) is 112 Å². The molecule has 0 aromatic rings. The number of esters is 2. The standard InChI is InChI=1S/C13H19F3O4.C11H13F5O4/c1-8(2)9(17)19-11(5)6-10(3,4)20-12(18,7-11)13(14,15)16;1-6(2)7(17)19-8(3)4-9(18,11(14,15)16)20-10(12,13)5-8/h18H,1,6-7H2,2-5H3;18H,1,4-5H2,2-3H3. The van der Waals surface area contributed by atoms with Crippen LogP contribution in [-0.4, -0.2) is 69.0 Å². The first kappa shape index (κ1) is 35.7. The second-order valence-electron chi connectivity index (χ2n) is 11.1. The van der Waals surface area contributed by atoms with E-state index >= 15 is 0 Å². The molecule has 4 atom stereocenters. The Labute approximate surface area is 224 Å². The lowest BCUT2D eigenvalue weighted by Gasteiger charge is -2.49. The molecule has 0 spiro atoms. The minimum atomic E-state index is -5.46. The van der Waals surface area contributed by atoms with Gasteiger partial charge in [0.05, 0.1) is 24.9 Å². The van der Waals surface area contributed by atoms with Crippen LogP contribution in [0.4, 0.5) is 35.1 Å². The monoisotopic (exact) mass is 600 g/mol. The second kappa shape index (κ2) is 10.8. The normalized spacial score (nSPS) is 33.6. The fourth-order valence-electron chi connectivity index (χ4n) is 4.41. The maximum absolute atomic E-state index is 13.3. The van der Waals surface area contributed by atoms with Crippen molar-refractivity contribution in [2.24, 2.45) is 0 Å². The first-order valence-electron chi connectivity index (χ1n) is 11.5. The van der Waals surface area contributed by atoms with Crippen LogP contribution in [0.3, 0.4) is 0 Å². The molecule has 8 nitrogen and oxygen atoms in total. The van der Waals surface area contributed by atoms with Gasteiger partial charge in [-0.25, -0.2) is 9.59 Å². The molecular formula is C24H32F8O8. The van der Waals surface area contributed by atoms with Crippen LogP contribution in [0.2, 0.25) is 0 Å². The van der Waals surface area contributed by atoms with Crippen molar-refractivity contribution in [3.05, 3.63) is 24.3 Å². The highest BCUT2D eigenvalue weighted by atomic mass is 19.4. The van der Waals surface area contributed by atoms with Crippen LogP contribution < -0.4 is 0 Å². The van der Waals surface area contributed by atoms with Crippen LogP contribution in [0.1, 0.15) is 67.2 Å². The van der Waals surface area contributed by atoms with Crippen LogP contribution in [0.15, 0.2) is 24.3 Å². The molecule has 0 amide bonds. The highest BCUT2D eigenvalue weighted by molar-refractivity contribution is 5.87. The zero-order chi connectivity index (χ0) is 32.0. The van der Waals surface area contributed by atoms with E-state index in [0.29, 0.717) is 0 Å². The predicted octanol–water partition coefficient (Wildman–Crippen LogP) is 5.22. The Bertz CT molecular complexity index is 943. The number of hydrogen-bond donors (Lipinski definition) is 2. The SMILES string of the molecule is C=C(C)C(=O)OC1(C)CC(C)(C)OC(O)(C(F)(F)F)C1.C=C(C)C(=O)OC1(C)CC(F)(F)OC(O)(C(F)(F)F)C1. The van der Waals surface area contributed by atoms with E-state index in [1.165, 1.54) is 34.6 Å². The van der Waals surface area contributed by atoms with E-state index in [1.54, 1.807) is 0 Å². The molecule has 2 fully saturated rings. The maximum Gasteiger partial charge on any atom is 0.443 e. The van der Waals surface area contributed by atoms with Crippen molar-refractivity contribution in [3.63, 3.8) is 0 Å². The fraction of sp³-hybridized carbons (Fsp3) is 0.750. The van der Waals surface area contributed by atoms with Crippen molar-refractivity contribution < 1.29 is 73.9 Å². The molecule has 0 aromatic carbocycles. The van der Waals surface area contributed by atoms with Gasteiger partial charge in [0.25, 0.3) is 11.6 Å². The number of hydrogen-bond acceptors (Lipinski definition) is 8. The lowest BCUT2D eigenvalue weighted by Crippen LogP contribution is -2.62. The molecule has 40 heavy (non-hydrogen) atoms. The number of carbonyl (C=O) groups is 2. The van der Waals surface area contributed by atoms with Crippen molar-refractivity contribution >= 4 is 11.9 Å².